The molecule has 1 aliphatic rings. The maximum Gasteiger partial charge on any atom is 0.203 e. The number of nitrogens with zero attached hydrogens (tertiary/aromatic N) is 1. The second-order valence-corrected chi connectivity index (χ2v) is 7.11. The van der Waals surface area contributed by atoms with Crippen molar-refractivity contribution in [2.75, 3.05) is 33.3 Å². The van der Waals surface area contributed by atoms with E-state index >= 15 is 0 Å². The van der Waals surface area contributed by atoms with Crippen LogP contribution in [-0.2, 0) is 5.41 Å². The Morgan fingerprint density at radius 1 is 0.962 bits per heavy atom. The summed E-state index contributed by atoms with van der Waals surface area (Å²) >= 11 is 0. The van der Waals surface area contributed by atoms with Gasteiger partial charge < -0.3 is 19.1 Å². The van der Waals surface area contributed by atoms with E-state index in [0.29, 0.717) is 17.2 Å². The van der Waals surface area contributed by atoms with Gasteiger partial charge >= 0.3 is 0 Å². The highest BCUT2D eigenvalue weighted by molar-refractivity contribution is 5.68. The summed E-state index contributed by atoms with van der Waals surface area (Å²) < 4.78 is 16.3. The van der Waals surface area contributed by atoms with Crippen molar-refractivity contribution in [3.05, 3.63) is 53.6 Å². The van der Waals surface area contributed by atoms with Crippen LogP contribution in [0.5, 0.6) is 17.2 Å². The van der Waals surface area contributed by atoms with Crippen LogP contribution in [-0.4, -0.2) is 34.4 Å². The van der Waals surface area contributed by atoms with Crippen molar-refractivity contribution in [3.8, 4) is 17.2 Å². The predicted molar refractivity (Wildman–Crippen MR) is 107 cm³/mol. The molecule has 0 radical (unpaired) electrons. The van der Waals surface area contributed by atoms with E-state index in [1.165, 1.54) is 11.3 Å². The van der Waals surface area contributed by atoms with Gasteiger partial charge in [-0.2, -0.15) is 0 Å². The van der Waals surface area contributed by atoms with E-state index in [4.69, 9.17) is 14.2 Å². The lowest BCUT2D eigenvalue weighted by molar-refractivity contribution is 0.324. The molecular weight excluding hydrogens is 326 g/mol. The third kappa shape index (κ3) is 2.90. The lowest BCUT2D eigenvalue weighted by Crippen LogP contribution is -2.37. The Bertz CT molecular complexity index is 801. The molecule has 0 bridgehead atoms. The minimum atomic E-state index is 0.0302. The molecule has 4 heteroatoms. The van der Waals surface area contributed by atoms with Crippen molar-refractivity contribution in [2.24, 2.45) is 0 Å². The number of benzene rings is 2. The SMILES string of the molecule is COc1cc(/C=C/C2N(C)c3ccccc3C2(C)C)cc(OC)c1OC. The Balaban J connectivity index is 1.96. The number of anilines is 1. The summed E-state index contributed by atoms with van der Waals surface area (Å²) in [5, 5.41) is 0. The number of ether oxygens (including phenoxy) is 3. The van der Waals surface area contributed by atoms with Crippen LogP contribution in [0.15, 0.2) is 42.5 Å². The lowest BCUT2D eigenvalue weighted by atomic mass is 9.80. The highest BCUT2D eigenvalue weighted by Gasteiger charge is 2.41. The molecule has 0 amide bonds. The molecule has 0 saturated heterocycles. The van der Waals surface area contributed by atoms with Crippen molar-refractivity contribution < 1.29 is 14.2 Å². The summed E-state index contributed by atoms with van der Waals surface area (Å²) in [7, 11) is 7.03. The third-order valence-corrected chi connectivity index (χ3v) is 5.29. The van der Waals surface area contributed by atoms with Crippen LogP contribution >= 0.6 is 0 Å². The second-order valence-electron chi connectivity index (χ2n) is 7.11. The van der Waals surface area contributed by atoms with Gasteiger partial charge in [0.15, 0.2) is 11.5 Å². The molecule has 1 heterocycles. The normalized spacial score (nSPS) is 18.1. The van der Waals surface area contributed by atoms with E-state index in [1.54, 1.807) is 21.3 Å². The average Bonchev–Trinajstić information content (AvgIpc) is 2.85. The molecule has 1 aliphatic heterocycles. The summed E-state index contributed by atoms with van der Waals surface area (Å²) in [6.07, 6.45) is 4.37. The molecule has 26 heavy (non-hydrogen) atoms. The van der Waals surface area contributed by atoms with E-state index in [0.717, 1.165) is 5.56 Å². The van der Waals surface area contributed by atoms with E-state index in [1.807, 2.05) is 12.1 Å². The number of methoxy groups -OCH3 is 3. The molecule has 0 spiro atoms. The number of likely N-dealkylation sites (N-methyl/N-ethyl adjacent to an activating group) is 1. The first-order valence-corrected chi connectivity index (χ1v) is 8.74. The zero-order valence-corrected chi connectivity index (χ0v) is 16.4. The molecule has 0 saturated carbocycles. The Kier molecular flexibility index (Phi) is 4.86. The first-order valence-electron chi connectivity index (χ1n) is 8.74. The van der Waals surface area contributed by atoms with E-state index in [9.17, 15) is 0 Å². The number of hydrogen-bond donors (Lipinski definition) is 0. The fourth-order valence-electron chi connectivity index (χ4n) is 3.89. The molecule has 0 aromatic heterocycles. The maximum atomic E-state index is 5.45. The van der Waals surface area contributed by atoms with Crippen molar-refractivity contribution in [3.63, 3.8) is 0 Å². The lowest BCUT2D eigenvalue weighted by Gasteiger charge is -2.29. The molecule has 1 unspecified atom stereocenters. The first-order chi connectivity index (χ1) is 12.4. The molecule has 3 rings (SSSR count). The molecule has 1 atom stereocenters. The minimum Gasteiger partial charge on any atom is -0.493 e. The molecule has 4 nitrogen and oxygen atoms in total. The fourth-order valence-corrected chi connectivity index (χ4v) is 3.89. The Morgan fingerprint density at radius 3 is 2.12 bits per heavy atom. The Labute approximate surface area is 156 Å². The molecule has 138 valence electrons. The topological polar surface area (TPSA) is 30.9 Å². The largest absolute Gasteiger partial charge is 0.493 e. The molecule has 0 N–H and O–H groups in total. The zero-order valence-electron chi connectivity index (χ0n) is 16.4. The Hall–Kier alpha value is -2.62. The molecule has 2 aromatic rings. The number of fused-ring (bicyclic) bond motifs is 1. The van der Waals surface area contributed by atoms with Crippen LogP contribution in [0.2, 0.25) is 0 Å². The summed E-state index contributed by atoms with van der Waals surface area (Å²) in [4.78, 5) is 2.34. The van der Waals surface area contributed by atoms with Gasteiger partial charge in [0.05, 0.1) is 27.4 Å². The van der Waals surface area contributed by atoms with Crippen LogP contribution in [0.3, 0.4) is 0 Å². The van der Waals surface area contributed by atoms with Gasteiger partial charge in [0.25, 0.3) is 0 Å². The average molecular weight is 353 g/mol. The molecule has 0 aliphatic carbocycles. The highest BCUT2D eigenvalue weighted by atomic mass is 16.5. The summed E-state index contributed by atoms with van der Waals surface area (Å²) in [6.45, 7) is 4.58. The summed E-state index contributed by atoms with van der Waals surface area (Å²) in [5.41, 5.74) is 3.71. The maximum absolute atomic E-state index is 5.45. The fraction of sp³-hybridized carbons (Fsp3) is 0.364. The minimum absolute atomic E-state index is 0.0302. The second kappa shape index (κ2) is 6.94. The van der Waals surface area contributed by atoms with Gasteiger partial charge in [-0.25, -0.2) is 0 Å². The standard InChI is InChI=1S/C22H27NO3/c1-22(2)16-9-7-8-10-17(16)23(3)20(22)12-11-15-13-18(24-4)21(26-6)19(14-15)25-5/h7-14,20H,1-6H3/b12-11+. The number of hydrogen-bond acceptors (Lipinski definition) is 4. The number of para-hydroxylation sites is 1. The summed E-state index contributed by atoms with van der Waals surface area (Å²) in [6, 6.07) is 12.8. The quantitative estimate of drug-likeness (QED) is 0.791. The molecule has 0 fully saturated rings. The number of rotatable bonds is 5. The molecule has 2 aromatic carbocycles. The van der Waals surface area contributed by atoms with Gasteiger partial charge in [-0.3, -0.25) is 0 Å². The van der Waals surface area contributed by atoms with Crippen molar-refractivity contribution >= 4 is 11.8 Å². The highest BCUT2D eigenvalue weighted by Crippen LogP contribution is 2.45. The third-order valence-electron chi connectivity index (χ3n) is 5.29. The van der Waals surface area contributed by atoms with Crippen LogP contribution in [0.4, 0.5) is 5.69 Å². The van der Waals surface area contributed by atoms with E-state index in [2.05, 4.69) is 62.2 Å². The van der Waals surface area contributed by atoms with Gasteiger partial charge in [-0.1, -0.05) is 44.2 Å². The van der Waals surface area contributed by atoms with Gasteiger partial charge in [0, 0.05) is 18.2 Å². The van der Waals surface area contributed by atoms with Crippen LogP contribution in [0, 0.1) is 0 Å². The first kappa shape index (κ1) is 18.2. The summed E-state index contributed by atoms with van der Waals surface area (Å²) in [5.74, 6) is 1.93. The molecular formula is C22H27NO3. The van der Waals surface area contributed by atoms with E-state index < -0.39 is 0 Å². The predicted octanol–water partition coefficient (Wildman–Crippen LogP) is 4.52. The van der Waals surface area contributed by atoms with Gasteiger partial charge in [0.2, 0.25) is 5.75 Å². The van der Waals surface area contributed by atoms with Crippen molar-refractivity contribution in [2.45, 2.75) is 25.3 Å². The van der Waals surface area contributed by atoms with E-state index in [-0.39, 0.29) is 11.5 Å². The van der Waals surface area contributed by atoms with Crippen molar-refractivity contribution in [1.82, 2.24) is 0 Å². The van der Waals surface area contributed by atoms with Gasteiger partial charge in [-0.15, -0.1) is 0 Å². The Morgan fingerprint density at radius 2 is 1.58 bits per heavy atom. The van der Waals surface area contributed by atoms with Crippen LogP contribution in [0.1, 0.15) is 25.0 Å². The van der Waals surface area contributed by atoms with Crippen molar-refractivity contribution in [1.29, 1.82) is 0 Å². The smallest absolute Gasteiger partial charge is 0.203 e. The van der Waals surface area contributed by atoms with Crippen LogP contribution in [0.25, 0.3) is 6.08 Å². The van der Waals surface area contributed by atoms with Gasteiger partial charge in [0.1, 0.15) is 0 Å². The van der Waals surface area contributed by atoms with Gasteiger partial charge in [-0.05, 0) is 29.3 Å². The monoisotopic (exact) mass is 353 g/mol. The van der Waals surface area contributed by atoms with Crippen LogP contribution < -0.4 is 19.1 Å². The zero-order chi connectivity index (χ0) is 18.9.